The highest BCUT2D eigenvalue weighted by atomic mass is 35.5. The van der Waals surface area contributed by atoms with E-state index in [2.05, 4.69) is 21.8 Å². The second kappa shape index (κ2) is 6.17. The van der Waals surface area contributed by atoms with Gasteiger partial charge in [0.1, 0.15) is 5.15 Å². The Bertz CT molecular complexity index is 413. The molecule has 0 radical (unpaired) electrons. The van der Waals surface area contributed by atoms with Crippen LogP contribution < -0.4 is 5.73 Å². The lowest BCUT2D eigenvalue weighted by atomic mass is 10.1. The molecule has 4 nitrogen and oxygen atoms in total. The minimum Gasteiger partial charge on any atom is -0.329 e. The zero-order valence-corrected chi connectivity index (χ0v) is 12.0. The van der Waals surface area contributed by atoms with E-state index in [0.717, 1.165) is 31.7 Å². The Morgan fingerprint density at radius 2 is 2.22 bits per heavy atom. The van der Waals surface area contributed by atoms with Gasteiger partial charge in [0.05, 0.1) is 0 Å². The van der Waals surface area contributed by atoms with Crippen LogP contribution in [0.25, 0.3) is 0 Å². The minimum atomic E-state index is 0.371. The first kappa shape index (κ1) is 14.0. The first-order chi connectivity index (χ1) is 8.60. The number of likely N-dealkylation sites (N-methyl/N-ethyl adjacent to an activating group) is 1. The molecule has 1 aromatic heterocycles. The van der Waals surface area contributed by atoms with Crippen molar-refractivity contribution in [3.05, 3.63) is 28.0 Å². The van der Waals surface area contributed by atoms with Crippen molar-refractivity contribution < 1.29 is 0 Å². The van der Waals surface area contributed by atoms with E-state index in [4.69, 9.17) is 28.9 Å². The largest absolute Gasteiger partial charge is 0.329 e. The first-order valence-electron chi connectivity index (χ1n) is 6.02. The van der Waals surface area contributed by atoms with Gasteiger partial charge in [-0.3, -0.25) is 4.90 Å². The van der Waals surface area contributed by atoms with Crippen molar-refractivity contribution in [2.24, 2.45) is 5.73 Å². The summed E-state index contributed by atoms with van der Waals surface area (Å²) < 4.78 is 0. The van der Waals surface area contributed by atoms with Crippen LogP contribution in [0.15, 0.2) is 12.3 Å². The topological polar surface area (TPSA) is 45.4 Å². The summed E-state index contributed by atoms with van der Waals surface area (Å²) in [7, 11) is 2.12. The van der Waals surface area contributed by atoms with Gasteiger partial charge in [-0.25, -0.2) is 4.98 Å². The van der Waals surface area contributed by atoms with Crippen molar-refractivity contribution >= 4 is 23.2 Å². The van der Waals surface area contributed by atoms with Crippen LogP contribution in [-0.2, 0) is 6.54 Å². The van der Waals surface area contributed by atoms with E-state index in [-0.39, 0.29) is 0 Å². The third-order valence-electron chi connectivity index (χ3n) is 3.35. The smallest absolute Gasteiger partial charge is 0.130 e. The van der Waals surface area contributed by atoms with Crippen LogP contribution >= 0.6 is 23.2 Å². The predicted octanol–water partition coefficient (Wildman–Crippen LogP) is 1.46. The molecule has 0 amide bonds. The maximum absolute atomic E-state index is 6.18. The van der Waals surface area contributed by atoms with Gasteiger partial charge >= 0.3 is 0 Å². The summed E-state index contributed by atoms with van der Waals surface area (Å²) in [4.78, 5) is 8.74. The molecule has 0 aromatic carbocycles. The molecule has 1 atom stereocenters. The van der Waals surface area contributed by atoms with E-state index < -0.39 is 0 Å². The van der Waals surface area contributed by atoms with Crippen LogP contribution in [0.1, 0.15) is 5.56 Å². The SMILES string of the molecule is CN1CCN(Cc2cnc(Cl)cc2Cl)C(CN)C1. The second-order valence-corrected chi connectivity index (χ2v) is 5.52. The molecule has 2 rings (SSSR count). The summed E-state index contributed by atoms with van der Waals surface area (Å²) in [5.41, 5.74) is 6.84. The van der Waals surface area contributed by atoms with Gasteiger partial charge in [0.25, 0.3) is 0 Å². The van der Waals surface area contributed by atoms with Gasteiger partial charge in [0, 0.05) is 55.5 Å². The van der Waals surface area contributed by atoms with Crippen LogP contribution in [0.5, 0.6) is 0 Å². The van der Waals surface area contributed by atoms with Crippen LogP contribution in [0.2, 0.25) is 10.2 Å². The van der Waals surface area contributed by atoms with Gasteiger partial charge in [-0.15, -0.1) is 0 Å². The molecule has 1 aliphatic heterocycles. The monoisotopic (exact) mass is 288 g/mol. The van der Waals surface area contributed by atoms with E-state index >= 15 is 0 Å². The average molecular weight is 289 g/mol. The number of hydrogen-bond donors (Lipinski definition) is 1. The van der Waals surface area contributed by atoms with E-state index in [9.17, 15) is 0 Å². The maximum atomic E-state index is 6.18. The van der Waals surface area contributed by atoms with E-state index in [0.29, 0.717) is 22.8 Å². The Labute approximate surface area is 118 Å². The minimum absolute atomic E-state index is 0.371. The van der Waals surface area contributed by atoms with Crippen molar-refractivity contribution in [1.29, 1.82) is 0 Å². The molecule has 100 valence electrons. The zero-order valence-electron chi connectivity index (χ0n) is 10.4. The number of piperazine rings is 1. The standard InChI is InChI=1S/C12H18Cl2N4/c1-17-2-3-18(10(5-15)8-17)7-9-6-16-12(14)4-11(9)13/h4,6,10H,2-3,5,7-8,15H2,1H3. The molecule has 1 fully saturated rings. The van der Waals surface area contributed by atoms with Crippen LogP contribution in [0, 0.1) is 0 Å². The highest BCUT2D eigenvalue weighted by Crippen LogP contribution is 2.21. The van der Waals surface area contributed by atoms with Gasteiger partial charge in [-0.05, 0) is 13.1 Å². The lowest BCUT2D eigenvalue weighted by molar-refractivity contribution is 0.0880. The fraction of sp³-hybridized carbons (Fsp3) is 0.583. The van der Waals surface area contributed by atoms with E-state index in [1.165, 1.54) is 0 Å². The summed E-state index contributed by atoms with van der Waals surface area (Å²) in [5, 5.41) is 1.10. The molecule has 2 N–H and O–H groups in total. The van der Waals surface area contributed by atoms with Crippen molar-refractivity contribution in [2.45, 2.75) is 12.6 Å². The molecule has 1 saturated heterocycles. The molecule has 1 aromatic rings. The Hall–Kier alpha value is -0.390. The van der Waals surface area contributed by atoms with Crippen LogP contribution in [0.3, 0.4) is 0 Å². The molecule has 2 heterocycles. The Morgan fingerprint density at radius 1 is 1.44 bits per heavy atom. The lowest BCUT2D eigenvalue weighted by Gasteiger charge is -2.39. The third-order valence-corrected chi connectivity index (χ3v) is 3.91. The molecule has 1 aliphatic rings. The van der Waals surface area contributed by atoms with Crippen LogP contribution in [0.4, 0.5) is 0 Å². The fourth-order valence-corrected chi connectivity index (χ4v) is 2.68. The number of pyridine rings is 1. The summed E-state index contributed by atoms with van der Waals surface area (Å²) >= 11 is 12.0. The van der Waals surface area contributed by atoms with Crippen molar-refractivity contribution in [3.8, 4) is 0 Å². The number of nitrogens with two attached hydrogens (primary N) is 1. The van der Waals surface area contributed by atoms with E-state index in [1.807, 2.05) is 0 Å². The molecular weight excluding hydrogens is 271 g/mol. The first-order valence-corrected chi connectivity index (χ1v) is 6.78. The van der Waals surface area contributed by atoms with Crippen LogP contribution in [-0.4, -0.2) is 54.1 Å². The molecule has 0 aliphatic carbocycles. The Kier molecular flexibility index (Phi) is 4.81. The number of rotatable bonds is 3. The van der Waals surface area contributed by atoms with Crippen molar-refractivity contribution in [3.63, 3.8) is 0 Å². The van der Waals surface area contributed by atoms with E-state index in [1.54, 1.807) is 12.3 Å². The molecule has 6 heteroatoms. The molecular formula is C12H18Cl2N4. The number of hydrogen-bond acceptors (Lipinski definition) is 4. The Balaban J connectivity index is 2.07. The highest BCUT2D eigenvalue weighted by molar-refractivity contribution is 6.34. The zero-order chi connectivity index (χ0) is 13.1. The summed E-state index contributed by atoms with van der Waals surface area (Å²) in [6.45, 7) is 4.48. The number of aromatic nitrogens is 1. The maximum Gasteiger partial charge on any atom is 0.130 e. The average Bonchev–Trinajstić information content (AvgIpc) is 2.34. The van der Waals surface area contributed by atoms with Gasteiger partial charge in [-0.2, -0.15) is 0 Å². The summed E-state index contributed by atoms with van der Waals surface area (Å²) in [6.07, 6.45) is 1.75. The quantitative estimate of drug-likeness (QED) is 0.856. The molecule has 1 unspecified atom stereocenters. The van der Waals surface area contributed by atoms with Crippen molar-refractivity contribution in [2.75, 3.05) is 33.2 Å². The van der Waals surface area contributed by atoms with Gasteiger partial charge in [-0.1, -0.05) is 23.2 Å². The lowest BCUT2D eigenvalue weighted by Crippen LogP contribution is -2.54. The molecule has 18 heavy (non-hydrogen) atoms. The number of halogens is 2. The second-order valence-electron chi connectivity index (χ2n) is 4.72. The third kappa shape index (κ3) is 3.33. The summed E-state index contributed by atoms with van der Waals surface area (Å²) in [6, 6.07) is 2.06. The number of nitrogens with zero attached hydrogens (tertiary/aromatic N) is 3. The highest BCUT2D eigenvalue weighted by Gasteiger charge is 2.24. The predicted molar refractivity (Wildman–Crippen MR) is 75.0 cm³/mol. The fourth-order valence-electron chi connectivity index (χ4n) is 2.25. The molecule has 0 saturated carbocycles. The Morgan fingerprint density at radius 3 is 2.89 bits per heavy atom. The summed E-state index contributed by atoms with van der Waals surface area (Å²) in [5.74, 6) is 0. The molecule has 0 spiro atoms. The molecule has 0 bridgehead atoms. The van der Waals surface area contributed by atoms with Gasteiger partial charge < -0.3 is 10.6 Å². The van der Waals surface area contributed by atoms with Crippen molar-refractivity contribution in [1.82, 2.24) is 14.8 Å². The normalized spacial score (nSPS) is 22.3. The van der Waals surface area contributed by atoms with Gasteiger partial charge in [0.15, 0.2) is 0 Å². The van der Waals surface area contributed by atoms with Gasteiger partial charge in [0.2, 0.25) is 0 Å².